The Morgan fingerprint density at radius 3 is 2.53 bits per heavy atom. The molecule has 19 heavy (non-hydrogen) atoms. The number of benzene rings is 1. The molecule has 0 saturated heterocycles. The molecule has 1 aromatic rings. The van der Waals surface area contributed by atoms with Gasteiger partial charge in [0.25, 0.3) is 0 Å². The third-order valence-corrected chi connectivity index (χ3v) is 2.59. The molecule has 1 N–H and O–H groups in total. The third kappa shape index (κ3) is 6.45. The zero-order valence-corrected chi connectivity index (χ0v) is 10.8. The number of para-hydroxylation sites is 1. The molecule has 0 aliphatic rings. The molecule has 0 fully saturated rings. The highest BCUT2D eigenvalue weighted by atomic mass is 19.4. The number of hydrogen-bond acceptors (Lipinski definition) is 3. The van der Waals surface area contributed by atoms with Crippen molar-refractivity contribution in [3.05, 3.63) is 29.8 Å². The lowest BCUT2D eigenvalue weighted by atomic mass is 10.2. The Hall–Kier alpha value is -1.27. The smallest absolute Gasteiger partial charge is 0.405 e. The highest BCUT2D eigenvalue weighted by molar-refractivity contribution is 5.33. The van der Waals surface area contributed by atoms with Crippen LogP contribution in [0, 0.1) is 0 Å². The van der Waals surface area contributed by atoms with Crippen molar-refractivity contribution < 1.29 is 23.0 Å². The van der Waals surface area contributed by atoms with Gasteiger partial charge in [-0.2, -0.15) is 0 Å². The van der Waals surface area contributed by atoms with Crippen molar-refractivity contribution in [2.45, 2.75) is 25.7 Å². The number of ether oxygens (including phenoxy) is 1. The molecule has 3 nitrogen and oxygen atoms in total. The second-order valence-electron chi connectivity index (χ2n) is 4.32. The molecular formula is C13H18F3NO2. The van der Waals surface area contributed by atoms with Gasteiger partial charge in [-0.3, -0.25) is 0 Å². The number of unbranched alkanes of at least 4 members (excludes halogenated alkanes) is 1. The van der Waals surface area contributed by atoms with Crippen LogP contribution in [-0.2, 0) is 6.54 Å². The predicted molar refractivity (Wildman–Crippen MR) is 65.8 cm³/mol. The lowest BCUT2D eigenvalue weighted by Gasteiger charge is -2.19. The molecule has 1 aromatic carbocycles. The van der Waals surface area contributed by atoms with Gasteiger partial charge in [-0.25, -0.2) is 0 Å². The fourth-order valence-corrected chi connectivity index (χ4v) is 1.72. The second kappa shape index (κ2) is 7.35. The zero-order chi connectivity index (χ0) is 14.3. The normalized spacial score (nSPS) is 11.9. The summed E-state index contributed by atoms with van der Waals surface area (Å²) in [4.78, 5) is 1.90. The Bertz CT molecular complexity index is 382. The standard InChI is InChI=1S/C13H18F3NO2/c1-17(8-4-5-9-18)10-11-6-2-3-7-12(11)19-13(14,15)16/h2-3,6-7,18H,4-5,8-10H2,1H3. The number of alkyl halides is 3. The molecule has 0 spiro atoms. The van der Waals surface area contributed by atoms with E-state index >= 15 is 0 Å². The van der Waals surface area contributed by atoms with Gasteiger partial charge in [0.05, 0.1) is 0 Å². The van der Waals surface area contributed by atoms with Gasteiger partial charge in [0.15, 0.2) is 0 Å². The number of nitrogens with zero attached hydrogens (tertiary/aromatic N) is 1. The van der Waals surface area contributed by atoms with Gasteiger partial charge in [0.2, 0.25) is 0 Å². The summed E-state index contributed by atoms with van der Waals surface area (Å²) in [5.41, 5.74) is 0.492. The molecule has 6 heteroatoms. The number of halogens is 3. The summed E-state index contributed by atoms with van der Waals surface area (Å²) in [5, 5.41) is 8.68. The second-order valence-corrected chi connectivity index (χ2v) is 4.32. The monoisotopic (exact) mass is 277 g/mol. The van der Waals surface area contributed by atoms with Gasteiger partial charge in [-0.05, 0) is 32.5 Å². The Labute approximate surface area is 110 Å². The van der Waals surface area contributed by atoms with Crippen LogP contribution < -0.4 is 4.74 Å². The van der Waals surface area contributed by atoms with Crippen molar-refractivity contribution in [3.63, 3.8) is 0 Å². The molecule has 108 valence electrons. The predicted octanol–water partition coefficient (Wildman–Crippen LogP) is 2.79. The number of rotatable bonds is 7. The third-order valence-electron chi connectivity index (χ3n) is 2.59. The fraction of sp³-hybridized carbons (Fsp3) is 0.538. The van der Waals surface area contributed by atoms with Crippen molar-refractivity contribution in [3.8, 4) is 5.75 Å². The minimum atomic E-state index is -4.68. The Morgan fingerprint density at radius 2 is 1.89 bits per heavy atom. The van der Waals surface area contributed by atoms with E-state index in [-0.39, 0.29) is 12.4 Å². The molecule has 0 aliphatic heterocycles. The van der Waals surface area contributed by atoms with E-state index in [9.17, 15) is 13.2 Å². The Kier molecular flexibility index (Phi) is 6.11. The van der Waals surface area contributed by atoms with Gasteiger partial charge in [0.1, 0.15) is 5.75 Å². The summed E-state index contributed by atoms with van der Waals surface area (Å²) in [6.07, 6.45) is -3.19. The number of aliphatic hydroxyl groups excluding tert-OH is 1. The van der Waals surface area contributed by atoms with Crippen LogP contribution >= 0.6 is 0 Å². The van der Waals surface area contributed by atoms with E-state index in [0.29, 0.717) is 25.1 Å². The maximum Gasteiger partial charge on any atom is 0.573 e. The van der Waals surface area contributed by atoms with E-state index in [0.717, 1.165) is 6.42 Å². The summed E-state index contributed by atoms with van der Waals surface area (Å²) >= 11 is 0. The minimum Gasteiger partial charge on any atom is -0.405 e. The molecule has 0 aromatic heterocycles. The van der Waals surface area contributed by atoms with Crippen LogP contribution in [-0.4, -0.2) is 36.6 Å². The quantitative estimate of drug-likeness (QED) is 0.778. The fourth-order valence-electron chi connectivity index (χ4n) is 1.72. The topological polar surface area (TPSA) is 32.7 Å². The lowest BCUT2D eigenvalue weighted by Crippen LogP contribution is -2.22. The first kappa shape index (κ1) is 15.8. The summed E-state index contributed by atoms with van der Waals surface area (Å²) in [5.74, 6) is -0.163. The average Bonchev–Trinajstić information content (AvgIpc) is 2.30. The molecule has 0 bridgehead atoms. The van der Waals surface area contributed by atoms with Gasteiger partial charge < -0.3 is 14.7 Å². The highest BCUT2D eigenvalue weighted by Gasteiger charge is 2.31. The van der Waals surface area contributed by atoms with Crippen LogP contribution in [0.3, 0.4) is 0 Å². The Balaban J connectivity index is 2.62. The summed E-state index contributed by atoms with van der Waals surface area (Å²) < 4.78 is 40.7. The molecule has 0 radical (unpaired) electrons. The first-order chi connectivity index (χ1) is 8.92. The van der Waals surface area contributed by atoms with Crippen LogP contribution in [0.4, 0.5) is 13.2 Å². The van der Waals surface area contributed by atoms with Crippen LogP contribution in [0.2, 0.25) is 0 Å². The van der Waals surface area contributed by atoms with E-state index in [4.69, 9.17) is 5.11 Å². The van der Waals surface area contributed by atoms with E-state index in [1.807, 2.05) is 11.9 Å². The highest BCUT2D eigenvalue weighted by Crippen LogP contribution is 2.26. The SMILES string of the molecule is CN(CCCCO)Cc1ccccc1OC(F)(F)F. The maximum atomic E-state index is 12.2. The van der Waals surface area contributed by atoms with Crippen molar-refractivity contribution in [2.24, 2.45) is 0 Å². The molecule has 1 rings (SSSR count). The molecular weight excluding hydrogens is 259 g/mol. The summed E-state index contributed by atoms with van der Waals surface area (Å²) in [6, 6.07) is 6.12. The van der Waals surface area contributed by atoms with E-state index in [1.165, 1.54) is 12.1 Å². The number of aliphatic hydroxyl groups is 1. The van der Waals surface area contributed by atoms with Crippen LogP contribution in [0.25, 0.3) is 0 Å². The molecule has 0 aliphatic carbocycles. The van der Waals surface area contributed by atoms with Gasteiger partial charge in [0, 0.05) is 18.7 Å². The average molecular weight is 277 g/mol. The largest absolute Gasteiger partial charge is 0.573 e. The first-order valence-electron chi connectivity index (χ1n) is 6.05. The molecule has 0 heterocycles. The van der Waals surface area contributed by atoms with Gasteiger partial charge in [-0.1, -0.05) is 18.2 Å². The zero-order valence-electron chi connectivity index (χ0n) is 10.8. The van der Waals surface area contributed by atoms with Crippen LogP contribution in [0.1, 0.15) is 18.4 Å². The minimum absolute atomic E-state index is 0.127. The summed E-state index contributed by atoms with van der Waals surface area (Å²) in [7, 11) is 1.82. The molecule has 0 atom stereocenters. The lowest BCUT2D eigenvalue weighted by molar-refractivity contribution is -0.275. The molecule has 0 saturated carbocycles. The van der Waals surface area contributed by atoms with Crippen molar-refractivity contribution in [1.82, 2.24) is 4.90 Å². The van der Waals surface area contributed by atoms with Crippen LogP contribution in [0.15, 0.2) is 24.3 Å². The van der Waals surface area contributed by atoms with E-state index in [1.54, 1.807) is 12.1 Å². The molecule has 0 amide bonds. The van der Waals surface area contributed by atoms with E-state index in [2.05, 4.69) is 4.74 Å². The van der Waals surface area contributed by atoms with Crippen molar-refractivity contribution >= 4 is 0 Å². The summed E-state index contributed by atoms with van der Waals surface area (Å²) in [6.45, 7) is 1.21. The van der Waals surface area contributed by atoms with Crippen molar-refractivity contribution in [2.75, 3.05) is 20.2 Å². The van der Waals surface area contributed by atoms with Gasteiger partial charge >= 0.3 is 6.36 Å². The Morgan fingerprint density at radius 1 is 1.21 bits per heavy atom. The maximum absolute atomic E-state index is 12.2. The molecule has 0 unspecified atom stereocenters. The van der Waals surface area contributed by atoms with Crippen LogP contribution in [0.5, 0.6) is 5.75 Å². The van der Waals surface area contributed by atoms with Gasteiger partial charge in [-0.15, -0.1) is 13.2 Å². The van der Waals surface area contributed by atoms with Crippen molar-refractivity contribution in [1.29, 1.82) is 0 Å². The van der Waals surface area contributed by atoms with E-state index < -0.39 is 6.36 Å². The number of hydrogen-bond donors (Lipinski definition) is 1. The first-order valence-corrected chi connectivity index (χ1v) is 6.05.